The van der Waals surface area contributed by atoms with E-state index in [2.05, 4.69) is 6.92 Å². The first-order valence-electron chi connectivity index (χ1n) is 8.64. The van der Waals surface area contributed by atoms with Crippen LogP contribution in [0.2, 0.25) is 0 Å². The van der Waals surface area contributed by atoms with Gasteiger partial charge in [0.05, 0.1) is 6.04 Å². The van der Waals surface area contributed by atoms with E-state index >= 15 is 0 Å². The monoisotopic (exact) mass is 331 g/mol. The molecule has 0 radical (unpaired) electrons. The fourth-order valence-electron chi connectivity index (χ4n) is 3.42. The molecule has 0 spiro atoms. The Morgan fingerprint density at radius 3 is 2.67 bits per heavy atom. The van der Waals surface area contributed by atoms with E-state index in [1.807, 2.05) is 17.0 Å². The summed E-state index contributed by atoms with van der Waals surface area (Å²) in [5.74, 6) is 1.69. The highest BCUT2D eigenvalue weighted by Gasteiger charge is 2.31. The molecule has 1 aliphatic rings. The summed E-state index contributed by atoms with van der Waals surface area (Å²) in [5.41, 5.74) is 0.243. The Kier molecular flexibility index (Phi) is 4.64. The van der Waals surface area contributed by atoms with Crippen molar-refractivity contribution in [2.75, 3.05) is 6.54 Å². The predicted molar refractivity (Wildman–Crippen MR) is 91.0 cm³/mol. The number of likely N-dealkylation sites (tertiary alicyclic amines) is 1. The molecule has 2 aromatic heterocycles. The number of furan rings is 1. The van der Waals surface area contributed by atoms with Crippen molar-refractivity contribution in [1.82, 2.24) is 14.0 Å². The molecule has 6 heteroatoms. The molecule has 0 N–H and O–H groups in total. The van der Waals surface area contributed by atoms with Gasteiger partial charge in [-0.2, -0.15) is 0 Å². The second-order valence-corrected chi connectivity index (χ2v) is 6.49. The zero-order chi connectivity index (χ0) is 17.3. The van der Waals surface area contributed by atoms with E-state index < -0.39 is 0 Å². The van der Waals surface area contributed by atoms with E-state index in [9.17, 15) is 9.59 Å². The highest BCUT2D eigenvalue weighted by atomic mass is 16.3. The molecule has 3 rings (SSSR count). The third-order valence-corrected chi connectivity index (χ3v) is 4.86. The highest BCUT2D eigenvalue weighted by Crippen LogP contribution is 2.32. The van der Waals surface area contributed by atoms with Gasteiger partial charge in [0.25, 0.3) is 5.91 Å². The van der Waals surface area contributed by atoms with Crippen molar-refractivity contribution in [1.29, 1.82) is 0 Å². The fraction of sp³-hybridized carbons (Fsp3) is 0.556. The Bertz CT molecular complexity index is 784. The topological polar surface area (TPSA) is 60.4 Å². The molecule has 1 fully saturated rings. The number of hydrogen-bond donors (Lipinski definition) is 0. The zero-order valence-electron chi connectivity index (χ0n) is 14.6. The van der Waals surface area contributed by atoms with Crippen LogP contribution in [0.4, 0.5) is 0 Å². The van der Waals surface area contributed by atoms with Crippen molar-refractivity contribution in [3.63, 3.8) is 0 Å². The number of aromatic nitrogens is 2. The molecule has 0 bridgehead atoms. The van der Waals surface area contributed by atoms with Crippen LogP contribution in [0.3, 0.4) is 0 Å². The molecule has 1 atom stereocenters. The van der Waals surface area contributed by atoms with Crippen molar-refractivity contribution in [3.8, 4) is 0 Å². The van der Waals surface area contributed by atoms with Crippen LogP contribution in [0.25, 0.3) is 0 Å². The van der Waals surface area contributed by atoms with Gasteiger partial charge < -0.3 is 13.9 Å². The number of hydrogen-bond acceptors (Lipinski definition) is 3. The van der Waals surface area contributed by atoms with Crippen LogP contribution in [-0.2, 0) is 20.5 Å². The van der Waals surface area contributed by atoms with E-state index in [0.29, 0.717) is 12.2 Å². The molecule has 6 nitrogen and oxygen atoms in total. The zero-order valence-corrected chi connectivity index (χ0v) is 14.6. The average Bonchev–Trinajstić information content (AvgIpc) is 3.05. The molecule has 0 aromatic carbocycles. The Balaban J connectivity index is 1.96. The molecule has 0 saturated carbocycles. The fourth-order valence-corrected chi connectivity index (χ4v) is 3.42. The van der Waals surface area contributed by atoms with E-state index in [1.54, 1.807) is 20.3 Å². The van der Waals surface area contributed by atoms with E-state index in [0.717, 1.165) is 43.6 Å². The Hall–Kier alpha value is -2.24. The van der Waals surface area contributed by atoms with Gasteiger partial charge in [-0.1, -0.05) is 19.8 Å². The molecule has 1 amide bonds. The van der Waals surface area contributed by atoms with Crippen LogP contribution in [0, 0.1) is 0 Å². The number of nitrogens with zero attached hydrogens (tertiary/aromatic N) is 3. The van der Waals surface area contributed by atoms with Crippen LogP contribution < -0.4 is 5.69 Å². The quantitative estimate of drug-likeness (QED) is 0.869. The number of carbonyl (C=O) groups excluding carboxylic acids is 1. The van der Waals surface area contributed by atoms with Gasteiger partial charge in [-0.3, -0.25) is 9.36 Å². The minimum atomic E-state index is -0.184. The van der Waals surface area contributed by atoms with Gasteiger partial charge in [-0.15, -0.1) is 0 Å². The number of imidazole rings is 1. The van der Waals surface area contributed by atoms with E-state index in [4.69, 9.17) is 4.42 Å². The SMILES string of the molecule is CCc1ccc(C2CCCCCN2C(=O)c2cn(C)c(=O)n2C)o1. The summed E-state index contributed by atoms with van der Waals surface area (Å²) >= 11 is 0. The summed E-state index contributed by atoms with van der Waals surface area (Å²) in [6.07, 6.45) is 6.51. The van der Waals surface area contributed by atoms with Gasteiger partial charge in [0.2, 0.25) is 0 Å². The summed E-state index contributed by atoms with van der Waals surface area (Å²) < 4.78 is 8.80. The second-order valence-electron chi connectivity index (χ2n) is 6.49. The number of amides is 1. The van der Waals surface area contributed by atoms with Crippen LogP contribution in [0.1, 0.15) is 60.7 Å². The molecular formula is C18H25N3O3. The van der Waals surface area contributed by atoms with Crippen molar-refractivity contribution in [2.24, 2.45) is 14.1 Å². The lowest BCUT2D eigenvalue weighted by atomic mass is 10.1. The van der Waals surface area contributed by atoms with E-state index in [-0.39, 0.29) is 17.6 Å². The molecule has 3 heterocycles. The van der Waals surface area contributed by atoms with Crippen LogP contribution in [0.15, 0.2) is 27.5 Å². The largest absolute Gasteiger partial charge is 0.464 e. The molecule has 0 aliphatic carbocycles. The summed E-state index contributed by atoms with van der Waals surface area (Å²) in [4.78, 5) is 27.0. The van der Waals surface area contributed by atoms with Crippen molar-refractivity contribution < 1.29 is 9.21 Å². The van der Waals surface area contributed by atoms with Crippen LogP contribution in [-0.4, -0.2) is 26.5 Å². The Morgan fingerprint density at radius 1 is 1.25 bits per heavy atom. The molecule has 1 unspecified atom stereocenters. The first-order chi connectivity index (χ1) is 11.5. The number of aryl methyl sites for hydroxylation is 2. The number of carbonyl (C=O) groups is 1. The van der Waals surface area contributed by atoms with Gasteiger partial charge in [0.15, 0.2) is 0 Å². The maximum atomic E-state index is 13.1. The summed E-state index contributed by atoms with van der Waals surface area (Å²) in [7, 11) is 3.31. The first-order valence-corrected chi connectivity index (χ1v) is 8.64. The number of rotatable bonds is 3. The van der Waals surface area contributed by atoms with Gasteiger partial charge in [-0.25, -0.2) is 4.79 Å². The van der Waals surface area contributed by atoms with Crippen molar-refractivity contribution >= 4 is 5.91 Å². The molecular weight excluding hydrogens is 306 g/mol. The minimum Gasteiger partial charge on any atom is -0.464 e. The highest BCUT2D eigenvalue weighted by molar-refractivity contribution is 5.92. The van der Waals surface area contributed by atoms with E-state index in [1.165, 1.54) is 9.13 Å². The minimum absolute atomic E-state index is 0.0596. The standard InChI is InChI=1S/C18H25N3O3/c1-4-13-9-10-16(24-13)14-8-6-5-7-11-21(14)17(22)15-12-19(2)18(23)20(15)3/h9-10,12,14H,4-8,11H2,1-3H3. The normalized spacial score (nSPS) is 18.6. The van der Waals surface area contributed by atoms with Crippen LogP contribution in [0.5, 0.6) is 0 Å². The third-order valence-electron chi connectivity index (χ3n) is 4.86. The molecule has 24 heavy (non-hydrogen) atoms. The Morgan fingerprint density at radius 2 is 2.04 bits per heavy atom. The lowest BCUT2D eigenvalue weighted by Gasteiger charge is -2.28. The Labute approximate surface area is 141 Å². The maximum Gasteiger partial charge on any atom is 0.328 e. The molecule has 130 valence electrons. The summed E-state index contributed by atoms with van der Waals surface area (Å²) in [5, 5.41) is 0. The van der Waals surface area contributed by atoms with Gasteiger partial charge >= 0.3 is 5.69 Å². The van der Waals surface area contributed by atoms with Crippen molar-refractivity contribution in [3.05, 3.63) is 46.0 Å². The molecule has 1 saturated heterocycles. The second kappa shape index (κ2) is 6.71. The van der Waals surface area contributed by atoms with Gasteiger partial charge in [-0.05, 0) is 25.0 Å². The molecule has 1 aliphatic heterocycles. The third kappa shape index (κ3) is 2.92. The predicted octanol–water partition coefficient (Wildman–Crippen LogP) is 2.64. The van der Waals surface area contributed by atoms with Crippen molar-refractivity contribution in [2.45, 2.75) is 45.1 Å². The lowest BCUT2D eigenvalue weighted by Crippen LogP contribution is -2.36. The average molecular weight is 331 g/mol. The first kappa shape index (κ1) is 16.6. The van der Waals surface area contributed by atoms with Crippen LogP contribution >= 0.6 is 0 Å². The summed E-state index contributed by atoms with van der Waals surface area (Å²) in [6, 6.07) is 3.91. The smallest absolute Gasteiger partial charge is 0.328 e. The maximum absolute atomic E-state index is 13.1. The lowest BCUT2D eigenvalue weighted by molar-refractivity contribution is 0.0647. The molecule has 2 aromatic rings. The van der Waals surface area contributed by atoms with Gasteiger partial charge in [0, 0.05) is 33.3 Å². The van der Waals surface area contributed by atoms with Gasteiger partial charge in [0.1, 0.15) is 17.2 Å². The summed E-state index contributed by atoms with van der Waals surface area (Å²) in [6.45, 7) is 2.74.